The number of rotatable bonds is 3. The fraction of sp³-hybridized carbons (Fsp3) is 0.318. The van der Waals surface area contributed by atoms with Gasteiger partial charge in [0, 0.05) is 26.1 Å². The molecule has 2 atom stereocenters. The smallest absolute Gasteiger partial charge is 0.0813 e. The average Bonchev–Trinajstić information content (AvgIpc) is 2.99. The Morgan fingerprint density at radius 1 is 1.04 bits per heavy atom. The Balaban J connectivity index is 1.72. The molecule has 0 spiro atoms. The molecule has 0 aliphatic carbocycles. The Bertz CT molecular complexity index is 779. The monoisotopic (exact) mass is 331 g/mol. The van der Waals surface area contributed by atoms with Crippen molar-refractivity contribution < 1.29 is 0 Å². The summed E-state index contributed by atoms with van der Waals surface area (Å²) in [7, 11) is 2.11. The molecule has 0 radical (unpaired) electrons. The van der Waals surface area contributed by atoms with Gasteiger partial charge in [-0.05, 0) is 29.3 Å². The van der Waals surface area contributed by atoms with Gasteiger partial charge in [-0.1, -0.05) is 67.6 Å². The van der Waals surface area contributed by atoms with E-state index in [2.05, 4.69) is 90.6 Å². The normalized spacial score (nSPS) is 25.1. The lowest BCUT2D eigenvalue weighted by Gasteiger charge is -2.35. The first-order valence-corrected chi connectivity index (χ1v) is 9.11. The van der Waals surface area contributed by atoms with Crippen LogP contribution in [0.3, 0.4) is 0 Å². The van der Waals surface area contributed by atoms with Gasteiger partial charge in [0.2, 0.25) is 0 Å². The third kappa shape index (κ3) is 3.12. The van der Waals surface area contributed by atoms with Crippen molar-refractivity contribution in [3.8, 4) is 0 Å². The second-order valence-corrected chi connectivity index (χ2v) is 6.93. The number of benzene rings is 2. The third-order valence-electron chi connectivity index (χ3n) is 5.31. The van der Waals surface area contributed by atoms with Gasteiger partial charge in [0.05, 0.1) is 11.8 Å². The van der Waals surface area contributed by atoms with E-state index in [4.69, 9.17) is 5.10 Å². The highest BCUT2D eigenvalue weighted by atomic mass is 15.5. The van der Waals surface area contributed by atoms with E-state index in [0.717, 1.165) is 19.6 Å². The number of hydrazone groups is 1. The maximum atomic E-state index is 4.97. The zero-order valence-corrected chi connectivity index (χ0v) is 15.0. The third-order valence-corrected chi connectivity index (χ3v) is 5.31. The minimum atomic E-state index is 0.324. The second kappa shape index (κ2) is 6.85. The van der Waals surface area contributed by atoms with Gasteiger partial charge in [-0.2, -0.15) is 5.10 Å². The number of nitrogens with zero attached hydrogens (tertiary/aromatic N) is 3. The lowest BCUT2D eigenvalue weighted by atomic mass is 9.83. The average molecular weight is 331 g/mol. The molecular weight excluding hydrogens is 306 g/mol. The van der Waals surface area contributed by atoms with Gasteiger partial charge in [0.25, 0.3) is 0 Å². The molecule has 128 valence electrons. The first-order valence-electron chi connectivity index (χ1n) is 9.11. The summed E-state index contributed by atoms with van der Waals surface area (Å²) in [5.41, 5.74) is 5.23. The van der Waals surface area contributed by atoms with E-state index in [1.807, 2.05) is 0 Å². The summed E-state index contributed by atoms with van der Waals surface area (Å²) in [5, 5.41) is 7.13. The van der Waals surface area contributed by atoms with Gasteiger partial charge in [0.1, 0.15) is 0 Å². The molecule has 3 heteroatoms. The van der Waals surface area contributed by atoms with Gasteiger partial charge in [-0.15, -0.1) is 0 Å². The largest absolute Gasteiger partial charge is 0.299 e. The molecule has 0 saturated carbocycles. The van der Waals surface area contributed by atoms with Gasteiger partial charge in [-0.3, -0.25) is 9.91 Å². The molecule has 4 rings (SSSR count). The molecule has 0 bridgehead atoms. The predicted octanol–water partition coefficient (Wildman–Crippen LogP) is 4.06. The number of hydrogen-bond donors (Lipinski definition) is 0. The van der Waals surface area contributed by atoms with Crippen molar-refractivity contribution in [1.29, 1.82) is 0 Å². The summed E-state index contributed by atoms with van der Waals surface area (Å²) in [6.45, 7) is 5.38. The van der Waals surface area contributed by atoms with E-state index >= 15 is 0 Å². The summed E-state index contributed by atoms with van der Waals surface area (Å²) >= 11 is 0. The fourth-order valence-electron chi connectivity index (χ4n) is 4.08. The highest BCUT2D eigenvalue weighted by Crippen LogP contribution is 2.39. The summed E-state index contributed by atoms with van der Waals surface area (Å²) in [5.74, 6) is 0.427. The number of fused-ring (bicyclic) bond motifs is 1. The molecule has 3 nitrogen and oxygen atoms in total. The van der Waals surface area contributed by atoms with Crippen molar-refractivity contribution in [3.05, 3.63) is 77.4 Å². The quantitative estimate of drug-likeness (QED) is 0.844. The predicted molar refractivity (Wildman–Crippen MR) is 104 cm³/mol. The number of hydrogen-bond acceptors (Lipinski definition) is 3. The molecule has 0 amide bonds. The molecule has 1 saturated heterocycles. The van der Waals surface area contributed by atoms with Crippen molar-refractivity contribution >= 4 is 11.8 Å². The molecule has 2 aromatic carbocycles. The van der Waals surface area contributed by atoms with Crippen LogP contribution in [0.2, 0.25) is 0 Å². The van der Waals surface area contributed by atoms with Gasteiger partial charge in [-0.25, -0.2) is 0 Å². The molecule has 2 aliphatic rings. The number of likely N-dealkylation sites (tertiary alicyclic amines) is 1. The SMILES string of the molecule is CCN1C/C(=C\c2ccccc2)C2=NN(C)C(c3ccccc3)C2C1. The van der Waals surface area contributed by atoms with Crippen LogP contribution in [0.25, 0.3) is 6.08 Å². The van der Waals surface area contributed by atoms with E-state index in [1.54, 1.807) is 0 Å². The highest BCUT2D eigenvalue weighted by molar-refractivity contribution is 6.07. The molecule has 2 aromatic rings. The standard InChI is InChI=1S/C22H25N3/c1-3-25-15-19(14-17-10-6-4-7-11-17)21-20(16-25)22(24(2)23-21)18-12-8-5-9-13-18/h4-14,20,22H,3,15-16H2,1-2H3/b19-14+. The van der Waals surface area contributed by atoms with Gasteiger partial charge < -0.3 is 0 Å². The van der Waals surface area contributed by atoms with Crippen LogP contribution in [0.5, 0.6) is 0 Å². The fourth-order valence-corrected chi connectivity index (χ4v) is 4.08. The van der Waals surface area contributed by atoms with Crippen molar-refractivity contribution in [2.24, 2.45) is 11.0 Å². The summed E-state index contributed by atoms with van der Waals surface area (Å²) in [6.07, 6.45) is 2.31. The van der Waals surface area contributed by atoms with Gasteiger partial charge >= 0.3 is 0 Å². The number of likely N-dealkylation sites (N-methyl/N-ethyl adjacent to an activating group) is 1. The molecule has 2 unspecified atom stereocenters. The van der Waals surface area contributed by atoms with Crippen LogP contribution in [0.1, 0.15) is 24.1 Å². The van der Waals surface area contributed by atoms with Crippen LogP contribution in [-0.4, -0.2) is 42.3 Å². The Labute approximate surface area is 150 Å². The first kappa shape index (κ1) is 16.1. The van der Waals surface area contributed by atoms with Crippen LogP contribution in [0, 0.1) is 5.92 Å². The van der Waals surface area contributed by atoms with Gasteiger partial charge in [0.15, 0.2) is 0 Å². The Morgan fingerprint density at radius 3 is 2.40 bits per heavy atom. The molecule has 2 aliphatic heterocycles. The summed E-state index contributed by atoms with van der Waals surface area (Å²) < 4.78 is 0. The Morgan fingerprint density at radius 2 is 1.72 bits per heavy atom. The molecule has 0 N–H and O–H groups in total. The molecule has 1 fully saturated rings. The maximum Gasteiger partial charge on any atom is 0.0813 e. The lowest BCUT2D eigenvalue weighted by Crippen LogP contribution is -2.43. The van der Waals surface area contributed by atoms with E-state index in [9.17, 15) is 0 Å². The van der Waals surface area contributed by atoms with Crippen molar-refractivity contribution in [2.75, 3.05) is 26.7 Å². The topological polar surface area (TPSA) is 18.8 Å². The highest BCUT2D eigenvalue weighted by Gasteiger charge is 2.41. The zero-order valence-electron chi connectivity index (χ0n) is 15.0. The van der Waals surface area contributed by atoms with Crippen molar-refractivity contribution in [3.63, 3.8) is 0 Å². The molecule has 0 aromatic heterocycles. The minimum Gasteiger partial charge on any atom is -0.299 e. The van der Waals surface area contributed by atoms with Crippen molar-refractivity contribution in [1.82, 2.24) is 9.91 Å². The zero-order chi connectivity index (χ0) is 17.2. The Kier molecular flexibility index (Phi) is 4.41. The molecular formula is C22H25N3. The van der Waals surface area contributed by atoms with Crippen LogP contribution < -0.4 is 0 Å². The second-order valence-electron chi connectivity index (χ2n) is 6.93. The van der Waals surface area contributed by atoms with Crippen LogP contribution in [-0.2, 0) is 0 Å². The van der Waals surface area contributed by atoms with E-state index < -0.39 is 0 Å². The van der Waals surface area contributed by atoms with Crippen LogP contribution in [0.15, 0.2) is 71.3 Å². The summed E-state index contributed by atoms with van der Waals surface area (Å²) in [6, 6.07) is 21.7. The van der Waals surface area contributed by atoms with Crippen LogP contribution >= 0.6 is 0 Å². The molecule has 25 heavy (non-hydrogen) atoms. The Hall–Kier alpha value is -2.39. The lowest BCUT2D eigenvalue weighted by molar-refractivity contribution is 0.198. The van der Waals surface area contributed by atoms with E-state index in [1.165, 1.54) is 22.4 Å². The maximum absolute atomic E-state index is 4.97. The van der Waals surface area contributed by atoms with E-state index in [-0.39, 0.29) is 0 Å². The summed E-state index contributed by atoms with van der Waals surface area (Å²) in [4.78, 5) is 2.54. The minimum absolute atomic E-state index is 0.324. The van der Waals surface area contributed by atoms with Crippen molar-refractivity contribution in [2.45, 2.75) is 13.0 Å². The molecule has 2 heterocycles. The van der Waals surface area contributed by atoms with Crippen LogP contribution in [0.4, 0.5) is 0 Å². The number of piperidine rings is 1. The first-order chi connectivity index (χ1) is 12.3. The van der Waals surface area contributed by atoms with E-state index in [0.29, 0.717) is 12.0 Å².